The first-order valence-corrected chi connectivity index (χ1v) is 5.85. The standard InChI is InChI=1S/C13H15NO3/c1-14-5-4-11(15)10(14)6-9-2-3-12-13(7-9)17-8-16-12/h2-3,7,10H,4-6,8H2,1H3. The molecular formula is C13H15NO3. The Hall–Kier alpha value is -1.55. The van der Waals surface area contributed by atoms with Crippen LogP contribution in [-0.4, -0.2) is 37.1 Å². The van der Waals surface area contributed by atoms with E-state index in [1.54, 1.807) is 0 Å². The lowest BCUT2D eigenvalue weighted by atomic mass is 10.0. The molecule has 1 saturated heterocycles. The van der Waals surface area contributed by atoms with Crippen LogP contribution in [0, 0.1) is 0 Å². The molecule has 4 nitrogen and oxygen atoms in total. The van der Waals surface area contributed by atoms with Crippen molar-refractivity contribution in [2.45, 2.75) is 18.9 Å². The van der Waals surface area contributed by atoms with Crippen molar-refractivity contribution in [2.24, 2.45) is 0 Å². The van der Waals surface area contributed by atoms with Gasteiger partial charge in [-0.3, -0.25) is 9.69 Å². The van der Waals surface area contributed by atoms with E-state index in [0.29, 0.717) is 19.0 Å². The highest BCUT2D eigenvalue weighted by Crippen LogP contribution is 2.33. The molecule has 0 aliphatic carbocycles. The van der Waals surface area contributed by atoms with Crippen LogP contribution in [0.15, 0.2) is 18.2 Å². The third-order valence-electron chi connectivity index (χ3n) is 3.48. The number of carbonyl (C=O) groups excluding carboxylic acids is 1. The number of ether oxygens (including phenoxy) is 2. The molecule has 17 heavy (non-hydrogen) atoms. The minimum Gasteiger partial charge on any atom is -0.454 e. The van der Waals surface area contributed by atoms with Crippen molar-refractivity contribution < 1.29 is 14.3 Å². The number of carbonyl (C=O) groups is 1. The first kappa shape index (κ1) is 10.6. The fourth-order valence-corrected chi connectivity index (χ4v) is 2.42. The van der Waals surface area contributed by atoms with Gasteiger partial charge in [0, 0.05) is 13.0 Å². The van der Waals surface area contributed by atoms with Crippen molar-refractivity contribution >= 4 is 5.78 Å². The number of hydrogen-bond donors (Lipinski definition) is 0. The molecule has 3 rings (SSSR count). The van der Waals surface area contributed by atoms with Gasteiger partial charge in [0.1, 0.15) is 0 Å². The number of likely N-dealkylation sites (N-methyl/N-ethyl adjacent to an activating group) is 1. The predicted octanol–water partition coefficient (Wildman–Crippen LogP) is 1.23. The second-order valence-corrected chi connectivity index (χ2v) is 4.60. The zero-order valence-electron chi connectivity index (χ0n) is 9.81. The Morgan fingerprint density at radius 3 is 2.94 bits per heavy atom. The molecule has 0 amide bonds. The molecule has 0 saturated carbocycles. The molecule has 0 bridgehead atoms. The maximum absolute atomic E-state index is 11.7. The summed E-state index contributed by atoms with van der Waals surface area (Å²) in [5, 5.41) is 0. The van der Waals surface area contributed by atoms with Gasteiger partial charge in [0.25, 0.3) is 0 Å². The molecule has 90 valence electrons. The molecule has 2 aliphatic rings. The average molecular weight is 233 g/mol. The van der Waals surface area contributed by atoms with E-state index in [4.69, 9.17) is 9.47 Å². The number of rotatable bonds is 2. The summed E-state index contributed by atoms with van der Waals surface area (Å²) in [5.74, 6) is 1.92. The smallest absolute Gasteiger partial charge is 0.231 e. The van der Waals surface area contributed by atoms with Gasteiger partial charge in [-0.2, -0.15) is 0 Å². The molecule has 4 heteroatoms. The van der Waals surface area contributed by atoms with Crippen molar-refractivity contribution in [1.82, 2.24) is 4.90 Å². The van der Waals surface area contributed by atoms with E-state index in [1.807, 2.05) is 25.2 Å². The third-order valence-corrected chi connectivity index (χ3v) is 3.48. The first-order valence-electron chi connectivity index (χ1n) is 5.85. The predicted molar refractivity (Wildman–Crippen MR) is 62.3 cm³/mol. The summed E-state index contributed by atoms with van der Waals surface area (Å²) >= 11 is 0. The fraction of sp³-hybridized carbons (Fsp3) is 0.462. The van der Waals surface area contributed by atoms with Gasteiger partial charge in [-0.1, -0.05) is 6.07 Å². The van der Waals surface area contributed by atoms with Gasteiger partial charge >= 0.3 is 0 Å². The van der Waals surface area contributed by atoms with Crippen LogP contribution in [0.25, 0.3) is 0 Å². The first-order chi connectivity index (χ1) is 8.24. The summed E-state index contributed by atoms with van der Waals surface area (Å²) in [7, 11) is 2.00. The van der Waals surface area contributed by atoms with Crippen LogP contribution in [0.1, 0.15) is 12.0 Å². The van der Waals surface area contributed by atoms with E-state index in [-0.39, 0.29) is 6.04 Å². The molecule has 2 aliphatic heterocycles. The Kier molecular flexibility index (Phi) is 2.52. The molecule has 0 N–H and O–H groups in total. The molecule has 0 aromatic heterocycles. The van der Waals surface area contributed by atoms with Crippen LogP contribution >= 0.6 is 0 Å². The topological polar surface area (TPSA) is 38.8 Å². The van der Waals surface area contributed by atoms with Gasteiger partial charge in [0.15, 0.2) is 17.3 Å². The Labute approximate surface area is 100 Å². The molecular weight excluding hydrogens is 218 g/mol. The highest BCUT2D eigenvalue weighted by atomic mass is 16.7. The molecule has 1 fully saturated rings. The number of nitrogens with zero attached hydrogens (tertiary/aromatic N) is 1. The number of ketones is 1. The Morgan fingerprint density at radius 1 is 1.35 bits per heavy atom. The van der Waals surface area contributed by atoms with E-state index >= 15 is 0 Å². The van der Waals surface area contributed by atoms with E-state index in [1.165, 1.54) is 0 Å². The summed E-state index contributed by atoms with van der Waals surface area (Å²) in [6, 6.07) is 5.92. The normalized spacial score (nSPS) is 23.4. The van der Waals surface area contributed by atoms with Gasteiger partial charge in [-0.05, 0) is 31.2 Å². The summed E-state index contributed by atoms with van der Waals surface area (Å²) in [5.41, 5.74) is 1.13. The van der Waals surface area contributed by atoms with Gasteiger partial charge in [0.05, 0.1) is 6.04 Å². The van der Waals surface area contributed by atoms with Gasteiger partial charge in [-0.15, -0.1) is 0 Å². The van der Waals surface area contributed by atoms with Crippen molar-refractivity contribution in [3.05, 3.63) is 23.8 Å². The minimum atomic E-state index is 0.0235. The Balaban J connectivity index is 1.79. The maximum Gasteiger partial charge on any atom is 0.231 e. The second-order valence-electron chi connectivity index (χ2n) is 4.60. The van der Waals surface area contributed by atoms with Gasteiger partial charge < -0.3 is 9.47 Å². The van der Waals surface area contributed by atoms with Crippen LogP contribution < -0.4 is 9.47 Å². The largest absolute Gasteiger partial charge is 0.454 e. The molecule has 1 atom stereocenters. The Morgan fingerprint density at radius 2 is 2.18 bits per heavy atom. The quantitative estimate of drug-likeness (QED) is 0.770. The van der Waals surface area contributed by atoms with Crippen LogP contribution in [0.3, 0.4) is 0 Å². The fourth-order valence-electron chi connectivity index (χ4n) is 2.42. The summed E-state index contributed by atoms with van der Waals surface area (Å²) in [4.78, 5) is 13.8. The summed E-state index contributed by atoms with van der Waals surface area (Å²) in [6.07, 6.45) is 1.43. The minimum absolute atomic E-state index is 0.0235. The number of likely N-dealkylation sites (tertiary alicyclic amines) is 1. The highest BCUT2D eigenvalue weighted by molar-refractivity contribution is 5.86. The zero-order chi connectivity index (χ0) is 11.8. The van der Waals surface area contributed by atoms with Crippen molar-refractivity contribution in [3.63, 3.8) is 0 Å². The molecule has 0 spiro atoms. The SMILES string of the molecule is CN1CCC(=O)C1Cc1ccc2c(c1)OCO2. The van der Waals surface area contributed by atoms with E-state index in [0.717, 1.165) is 30.0 Å². The molecule has 2 heterocycles. The van der Waals surface area contributed by atoms with Crippen LogP contribution in [0.4, 0.5) is 0 Å². The Bertz CT molecular complexity index is 458. The summed E-state index contributed by atoms with van der Waals surface area (Å²) < 4.78 is 10.6. The number of fused-ring (bicyclic) bond motifs is 1. The summed E-state index contributed by atoms with van der Waals surface area (Å²) in [6.45, 7) is 1.16. The molecule has 1 aromatic carbocycles. The van der Waals surface area contributed by atoms with E-state index in [9.17, 15) is 4.79 Å². The average Bonchev–Trinajstić information content (AvgIpc) is 2.90. The molecule has 1 unspecified atom stereocenters. The van der Waals surface area contributed by atoms with Crippen LogP contribution in [0.5, 0.6) is 11.5 Å². The monoisotopic (exact) mass is 233 g/mol. The lowest BCUT2D eigenvalue weighted by Crippen LogP contribution is -2.31. The van der Waals surface area contributed by atoms with Gasteiger partial charge in [-0.25, -0.2) is 0 Å². The van der Waals surface area contributed by atoms with Gasteiger partial charge in [0.2, 0.25) is 6.79 Å². The number of Topliss-reactive ketones (excluding diaryl/α,β-unsaturated/α-hetero) is 1. The molecule has 0 radical (unpaired) electrons. The second kappa shape index (κ2) is 4.04. The maximum atomic E-state index is 11.7. The lowest BCUT2D eigenvalue weighted by molar-refractivity contribution is -0.119. The van der Waals surface area contributed by atoms with Crippen molar-refractivity contribution in [2.75, 3.05) is 20.4 Å². The number of hydrogen-bond acceptors (Lipinski definition) is 4. The van der Waals surface area contributed by atoms with Crippen molar-refractivity contribution in [1.29, 1.82) is 0 Å². The highest BCUT2D eigenvalue weighted by Gasteiger charge is 2.29. The zero-order valence-corrected chi connectivity index (χ0v) is 9.81. The van der Waals surface area contributed by atoms with E-state index in [2.05, 4.69) is 4.90 Å². The van der Waals surface area contributed by atoms with Crippen molar-refractivity contribution in [3.8, 4) is 11.5 Å². The molecule has 1 aromatic rings. The van der Waals surface area contributed by atoms with Crippen LogP contribution in [0.2, 0.25) is 0 Å². The van der Waals surface area contributed by atoms with E-state index < -0.39 is 0 Å². The third kappa shape index (κ3) is 1.89. The number of benzene rings is 1. The van der Waals surface area contributed by atoms with Crippen LogP contribution in [-0.2, 0) is 11.2 Å². The lowest BCUT2D eigenvalue weighted by Gasteiger charge is -2.17.